The molecule has 8 heteroatoms. The van der Waals surface area contributed by atoms with Gasteiger partial charge in [0.05, 0.1) is 19.7 Å². The molecule has 1 aliphatic heterocycles. The van der Waals surface area contributed by atoms with Gasteiger partial charge in [-0.3, -0.25) is 4.79 Å². The van der Waals surface area contributed by atoms with Crippen molar-refractivity contribution >= 4 is 17.9 Å². The van der Waals surface area contributed by atoms with Crippen LogP contribution in [0.3, 0.4) is 0 Å². The van der Waals surface area contributed by atoms with Crippen LogP contribution in [0.4, 0.5) is 4.79 Å². The van der Waals surface area contributed by atoms with Gasteiger partial charge in [-0.2, -0.15) is 0 Å². The number of amides is 3. The number of carbonyl (C=O) groups is 3. The number of urea groups is 1. The second kappa shape index (κ2) is 6.93. The second-order valence-corrected chi connectivity index (χ2v) is 4.52. The fraction of sp³-hybridized carbons (Fsp3) is 0.727. The average Bonchev–Trinajstić information content (AvgIpc) is 2.35. The SMILES string of the molecule is CC(C)NC(=O)CNC(=O)N1CCOC(C(=O)O)C1. The van der Waals surface area contributed by atoms with E-state index in [4.69, 9.17) is 9.84 Å². The Morgan fingerprint density at radius 3 is 2.68 bits per heavy atom. The molecular weight excluding hydrogens is 254 g/mol. The molecule has 0 radical (unpaired) electrons. The molecule has 108 valence electrons. The van der Waals surface area contributed by atoms with Gasteiger partial charge in [0.2, 0.25) is 5.91 Å². The summed E-state index contributed by atoms with van der Waals surface area (Å²) < 4.78 is 5.00. The van der Waals surface area contributed by atoms with Crippen LogP contribution in [0.25, 0.3) is 0 Å². The number of nitrogens with one attached hydrogen (secondary N) is 2. The molecule has 0 aromatic carbocycles. The minimum atomic E-state index is -1.10. The number of rotatable bonds is 4. The minimum Gasteiger partial charge on any atom is -0.479 e. The van der Waals surface area contributed by atoms with Gasteiger partial charge in [0, 0.05) is 12.6 Å². The van der Waals surface area contributed by atoms with Crippen LogP contribution in [-0.2, 0) is 14.3 Å². The molecule has 8 nitrogen and oxygen atoms in total. The number of ether oxygens (including phenoxy) is 1. The fourth-order valence-electron chi connectivity index (χ4n) is 1.62. The number of nitrogens with zero attached hydrogens (tertiary/aromatic N) is 1. The van der Waals surface area contributed by atoms with Crippen LogP contribution in [-0.4, -0.2) is 66.3 Å². The first-order chi connectivity index (χ1) is 8.90. The van der Waals surface area contributed by atoms with Gasteiger partial charge in [0.15, 0.2) is 6.10 Å². The Labute approximate surface area is 111 Å². The molecule has 0 aliphatic carbocycles. The summed E-state index contributed by atoms with van der Waals surface area (Å²) in [5.41, 5.74) is 0. The van der Waals surface area contributed by atoms with Crippen molar-refractivity contribution in [3.05, 3.63) is 0 Å². The summed E-state index contributed by atoms with van der Waals surface area (Å²) in [6.45, 7) is 3.96. The van der Waals surface area contributed by atoms with E-state index < -0.39 is 18.1 Å². The number of hydrogen-bond acceptors (Lipinski definition) is 4. The van der Waals surface area contributed by atoms with Crippen LogP contribution in [0.2, 0.25) is 0 Å². The van der Waals surface area contributed by atoms with E-state index in [1.165, 1.54) is 4.90 Å². The highest BCUT2D eigenvalue weighted by atomic mass is 16.5. The van der Waals surface area contributed by atoms with Crippen LogP contribution >= 0.6 is 0 Å². The summed E-state index contributed by atoms with van der Waals surface area (Å²) in [6, 6.07) is -0.461. The third-order valence-electron chi connectivity index (χ3n) is 2.48. The summed E-state index contributed by atoms with van der Waals surface area (Å²) in [5, 5.41) is 13.9. The Morgan fingerprint density at radius 2 is 2.11 bits per heavy atom. The zero-order chi connectivity index (χ0) is 14.4. The minimum absolute atomic E-state index is 0.00387. The number of hydrogen-bond donors (Lipinski definition) is 3. The van der Waals surface area contributed by atoms with Crippen molar-refractivity contribution in [3.8, 4) is 0 Å². The molecule has 1 fully saturated rings. The Balaban J connectivity index is 2.37. The lowest BCUT2D eigenvalue weighted by Crippen LogP contribution is -2.53. The molecule has 1 rings (SSSR count). The lowest BCUT2D eigenvalue weighted by atomic mass is 10.3. The molecule has 1 atom stereocenters. The molecule has 1 saturated heterocycles. The quantitative estimate of drug-likeness (QED) is 0.609. The molecule has 1 heterocycles. The van der Waals surface area contributed by atoms with Crippen molar-refractivity contribution in [2.75, 3.05) is 26.2 Å². The highest BCUT2D eigenvalue weighted by Crippen LogP contribution is 2.05. The molecule has 0 aromatic rings. The Bertz CT molecular complexity index is 358. The van der Waals surface area contributed by atoms with Gasteiger partial charge in [0.25, 0.3) is 0 Å². The molecule has 19 heavy (non-hydrogen) atoms. The molecule has 0 saturated carbocycles. The number of morpholine rings is 1. The molecule has 3 amide bonds. The molecule has 0 bridgehead atoms. The van der Waals surface area contributed by atoms with E-state index in [1.807, 2.05) is 13.8 Å². The predicted octanol–water partition coefficient (Wildman–Crippen LogP) is -0.994. The number of aliphatic carboxylic acids is 1. The third kappa shape index (κ3) is 5.12. The van der Waals surface area contributed by atoms with Gasteiger partial charge in [-0.05, 0) is 13.8 Å². The Hall–Kier alpha value is -1.83. The molecular formula is C11H19N3O5. The van der Waals surface area contributed by atoms with Crippen molar-refractivity contribution in [2.45, 2.75) is 26.0 Å². The topological polar surface area (TPSA) is 108 Å². The van der Waals surface area contributed by atoms with Gasteiger partial charge in [0.1, 0.15) is 0 Å². The monoisotopic (exact) mass is 273 g/mol. The molecule has 0 aromatic heterocycles. The smallest absolute Gasteiger partial charge is 0.334 e. The largest absolute Gasteiger partial charge is 0.479 e. The van der Waals surface area contributed by atoms with E-state index in [0.717, 1.165) is 0 Å². The van der Waals surface area contributed by atoms with E-state index >= 15 is 0 Å². The van der Waals surface area contributed by atoms with Gasteiger partial charge in [-0.1, -0.05) is 0 Å². The molecule has 1 unspecified atom stereocenters. The van der Waals surface area contributed by atoms with Crippen molar-refractivity contribution < 1.29 is 24.2 Å². The van der Waals surface area contributed by atoms with Crippen molar-refractivity contribution in [1.29, 1.82) is 0 Å². The fourth-order valence-corrected chi connectivity index (χ4v) is 1.62. The lowest BCUT2D eigenvalue weighted by Gasteiger charge is -2.30. The van der Waals surface area contributed by atoms with Gasteiger partial charge < -0.3 is 25.4 Å². The van der Waals surface area contributed by atoms with E-state index in [9.17, 15) is 14.4 Å². The summed E-state index contributed by atoms with van der Waals surface area (Å²) in [7, 11) is 0. The summed E-state index contributed by atoms with van der Waals surface area (Å²) in [5.74, 6) is -1.39. The van der Waals surface area contributed by atoms with Crippen LogP contribution in [0, 0.1) is 0 Å². The van der Waals surface area contributed by atoms with Gasteiger partial charge >= 0.3 is 12.0 Å². The number of carboxylic acids is 1. The maximum Gasteiger partial charge on any atom is 0.334 e. The highest BCUT2D eigenvalue weighted by Gasteiger charge is 2.28. The summed E-state index contributed by atoms with van der Waals surface area (Å²) in [6.07, 6.45) is -1.01. The number of carboxylic acid groups (broad SMARTS) is 1. The number of carbonyl (C=O) groups excluding carboxylic acids is 2. The zero-order valence-electron chi connectivity index (χ0n) is 11.0. The van der Waals surface area contributed by atoms with Crippen LogP contribution < -0.4 is 10.6 Å². The lowest BCUT2D eigenvalue weighted by molar-refractivity contribution is -0.154. The van der Waals surface area contributed by atoms with Crippen LogP contribution in [0.15, 0.2) is 0 Å². The van der Waals surface area contributed by atoms with Gasteiger partial charge in [-0.25, -0.2) is 9.59 Å². The second-order valence-electron chi connectivity index (χ2n) is 4.52. The first-order valence-corrected chi connectivity index (χ1v) is 6.06. The summed E-state index contributed by atoms with van der Waals surface area (Å²) in [4.78, 5) is 35.2. The predicted molar refractivity (Wildman–Crippen MR) is 65.6 cm³/mol. The maximum absolute atomic E-state index is 11.7. The first-order valence-electron chi connectivity index (χ1n) is 6.06. The van der Waals surface area contributed by atoms with E-state index in [1.54, 1.807) is 0 Å². The third-order valence-corrected chi connectivity index (χ3v) is 2.48. The van der Waals surface area contributed by atoms with Gasteiger partial charge in [-0.15, -0.1) is 0 Å². The van der Waals surface area contributed by atoms with Crippen molar-refractivity contribution in [2.24, 2.45) is 0 Å². The van der Waals surface area contributed by atoms with Crippen molar-refractivity contribution in [3.63, 3.8) is 0 Å². The summed E-state index contributed by atoms with van der Waals surface area (Å²) >= 11 is 0. The van der Waals surface area contributed by atoms with E-state index in [2.05, 4.69) is 10.6 Å². The normalized spacial score (nSPS) is 19.1. The molecule has 1 aliphatic rings. The average molecular weight is 273 g/mol. The Morgan fingerprint density at radius 1 is 1.42 bits per heavy atom. The van der Waals surface area contributed by atoms with E-state index in [-0.39, 0.29) is 31.6 Å². The molecule has 0 spiro atoms. The highest BCUT2D eigenvalue weighted by molar-refractivity contribution is 5.84. The standard InChI is InChI=1S/C11H19N3O5/c1-7(2)13-9(15)5-12-11(18)14-3-4-19-8(6-14)10(16)17/h7-8H,3-6H2,1-2H3,(H,12,18)(H,13,15)(H,16,17). The molecule has 3 N–H and O–H groups in total. The van der Waals surface area contributed by atoms with Crippen LogP contribution in [0.5, 0.6) is 0 Å². The van der Waals surface area contributed by atoms with E-state index in [0.29, 0.717) is 6.54 Å². The van der Waals surface area contributed by atoms with Crippen molar-refractivity contribution in [1.82, 2.24) is 15.5 Å². The first kappa shape index (κ1) is 15.2. The maximum atomic E-state index is 11.7. The zero-order valence-corrected chi connectivity index (χ0v) is 11.0. The Kier molecular flexibility index (Phi) is 5.56. The van der Waals surface area contributed by atoms with Crippen LogP contribution in [0.1, 0.15) is 13.8 Å².